The minimum absolute atomic E-state index is 0.0365. The van der Waals surface area contributed by atoms with Gasteiger partial charge in [0.05, 0.1) is 5.02 Å². The first-order chi connectivity index (χ1) is 8.49. The van der Waals surface area contributed by atoms with E-state index >= 15 is 0 Å². The molecule has 0 spiro atoms. The average molecular weight is 284 g/mol. The van der Waals surface area contributed by atoms with Crippen molar-refractivity contribution in [3.8, 4) is 0 Å². The molecule has 18 heavy (non-hydrogen) atoms. The number of nitrogens with zero attached hydrogens (tertiary/aromatic N) is 1. The van der Waals surface area contributed by atoms with Crippen molar-refractivity contribution in [3.05, 3.63) is 47.6 Å². The highest BCUT2D eigenvalue weighted by molar-refractivity contribution is 7.92. The zero-order chi connectivity index (χ0) is 13.2. The molecule has 0 fully saturated rings. The molecular weight excluding hydrogens is 274 g/mol. The third-order valence-electron chi connectivity index (χ3n) is 2.18. The maximum absolute atomic E-state index is 12.0. The summed E-state index contributed by atoms with van der Waals surface area (Å²) < 4.78 is 26.4. The van der Waals surface area contributed by atoms with Crippen molar-refractivity contribution in [2.24, 2.45) is 0 Å². The molecule has 5 nitrogen and oxygen atoms in total. The van der Waals surface area contributed by atoms with Crippen LogP contribution in [0.4, 0.5) is 11.5 Å². The first-order valence-electron chi connectivity index (χ1n) is 4.98. The lowest BCUT2D eigenvalue weighted by molar-refractivity contribution is 0.601. The van der Waals surface area contributed by atoms with Gasteiger partial charge < -0.3 is 5.73 Å². The first-order valence-corrected chi connectivity index (χ1v) is 6.84. The maximum Gasteiger partial charge on any atom is 0.263 e. The number of rotatable bonds is 3. The Morgan fingerprint density at radius 1 is 1.22 bits per heavy atom. The van der Waals surface area contributed by atoms with Gasteiger partial charge in [-0.05, 0) is 18.2 Å². The van der Waals surface area contributed by atoms with E-state index in [2.05, 4.69) is 9.71 Å². The molecule has 2 aromatic rings. The largest absolute Gasteiger partial charge is 0.382 e. The summed E-state index contributed by atoms with van der Waals surface area (Å²) in [5, 5.41) is 0.103. The molecule has 0 aliphatic carbocycles. The van der Waals surface area contributed by atoms with Crippen molar-refractivity contribution in [1.29, 1.82) is 0 Å². The van der Waals surface area contributed by atoms with E-state index in [-0.39, 0.29) is 15.7 Å². The predicted molar refractivity (Wildman–Crippen MR) is 70.9 cm³/mol. The van der Waals surface area contributed by atoms with Crippen LogP contribution in [0.1, 0.15) is 0 Å². The second-order valence-electron chi connectivity index (χ2n) is 3.51. The number of benzene rings is 1. The molecule has 0 saturated heterocycles. The van der Waals surface area contributed by atoms with Crippen LogP contribution in [-0.4, -0.2) is 13.4 Å². The Morgan fingerprint density at radius 2 is 1.89 bits per heavy atom. The number of nitrogen functional groups attached to an aromatic ring is 1. The standard InChI is InChI=1S/C11H10ClN3O2S/c12-10-6-9(7-14-11(10)13)18(16,17)15-8-4-2-1-3-5-8/h1-7,15H,(H2,13,14). The van der Waals surface area contributed by atoms with E-state index in [1.54, 1.807) is 30.3 Å². The van der Waals surface area contributed by atoms with Gasteiger partial charge in [-0.2, -0.15) is 0 Å². The molecule has 0 atom stereocenters. The van der Waals surface area contributed by atoms with Crippen LogP contribution < -0.4 is 10.5 Å². The number of nitrogens with two attached hydrogens (primary N) is 1. The SMILES string of the molecule is Nc1ncc(S(=O)(=O)Nc2ccccc2)cc1Cl. The Balaban J connectivity index is 2.34. The summed E-state index contributed by atoms with van der Waals surface area (Å²) in [6.07, 6.45) is 1.16. The Bertz CT molecular complexity index is 659. The number of para-hydroxylation sites is 1. The van der Waals surface area contributed by atoms with Crippen molar-refractivity contribution in [3.63, 3.8) is 0 Å². The van der Waals surface area contributed by atoms with Gasteiger partial charge in [0.2, 0.25) is 0 Å². The van der Waals surface area contributed by atoms with Crippen molar-refractivity contribution in [2.75, 3.05) is 10.5 Å². The van der Waals surface area contributed by atoms with Crippen LogP contribution in [0.3, 0.4) is 0 Å². The van der Waals surface area contributed by atoms with E-state index in [0.717, 1.165) is 6.20 Å². The Kier molecular flexibility index (Phi) is 3.40. The number of nitrogens with one attached hydrogen (secondary N) is 1. The smallest absolute Gasteiger partial charge is 0.263 e. The molecule has 0 radical (unpaired) electrons. The lowest BCUT2D eigenvalue weighted by Crippen LogP contribution is -2.13. The van der Waals surface area contributed by atoms with Crippen LogP contribution >= 0.6 is 11.6 Å². The third kappa shape index (κ3) is 2.72. The van der Waals surface area contributed by atoms with Gasteiger partial charge in [-0.1, -0.05) is 29.8 Å². The number of sulfonamides is 1. The highest BCUT2D eigenvalue weighted by Gasteiger charge is 2.16. The lowest BCUT2D eigenvalue weighted by Gasteiger charge is -2.08. The monoisotopic (exact) mass is 283 g/mol. The van der Waals surface area contributed by atoms with E-state index in [1.165, 1.54) is 6.07 Å². The molecule has 94 valence electrons. The van der Waals surface area contributed by atoms with Gasteiger partial charge in [0.25, 0.3) is 10.0 Å². The summed E-state index contributed by atoms with van der Waals surface area (Å²) in [6.45, 7) is 0. The topological polar surface area (TPSA) is 85.1 Å². The minimum atomic E-state index is -3.71. The van der Waals surface area contributed by atoms with Crippen LogP contribution in [0.25, 0.3) is 0 Å². The highest BCUT2D eigenvalue weighted by Crippen LogP contribution is 2.21. The molecule has 7 heteroatoms. The molecule has 1 heterocycles. The van der Waals surface area contributed by atoms with Crippen LogP contribution in [0.15, 0.2) is 47.5 Å². The number of anilines is 2. The van der Waals surface area contributed by atoms with Crippen molar-refractivity contribution >= 4 is 33.1 Å². The van der Waals surface area contributed by atoms with Crippen LogP contribution in [-0.2, 0) is 10.0 Å². The third-order valence-corrected chi connectivity index (χ3v) is 3.83. The highest BCUT2D eigenvalue weighted by atomic mass is 35.5. The van der Waals surface area contributed by atoms with Gasteiger partial charge in [0.15, 0.2) is 0 Å². The number of hydrogen-bond donors (Lipinski definition) is 2. The minimum Gasteiger partial charge on any atom is -0.382 e. The van der Waals surface area contributed by atoms with Gasteiger partial charge in [0, 0.05) is 11.9 Å². The van der Waals surface area contributed by atoms with Crippen LogP contribution in [0, 0.1) is 0 Å². The van der Waals surface area contributed by atoms with Gasteiger partial charge in [-0.3, -0.25) is 4.72 Å². The number of aromatic nitrogens is 1. The number of hydrogen-bond acceptors (Lipinski definition) is 4. The predicted octanol–water partition coefficient (Wildman–Crippen LogP) is 2.12. The first kappa shape index (κ1) is 12.7. The Morgan fingerprint density at radius 3 is 2.50 bits per heavy atom. The molecule has 2 rings (SSSR count). The maximum atomic E-state index is 12.0. The fourth-order valence-electron chi connectivity index (χ4n) is 1.30. The number of halogens is 1. The molecule has 0 aliphatic heterocycles. The summed E-state index contributed by atoms with van der Waals surface area (Å²) in [7, 11) is -3.71. The number of pyridine rings is 1. The fourth-order valence-corrected chi connectivity index (χ4v) is 2.56. The van der Waals surface area contributed by atoms with E-state index in [4.69, 9.17) is 17.3 Å². The van der Waals surface area contributed by atoms with Gasteiger partial charge in [-0.15, -0.1) is 0 Å². The Labute approximate surface area is 110 Å². The second kappa shape index (κ2) is 4.83. The molecule has 1 aromatic heterocycles. The molecule has 0 bridgehead atoms. The van der Waals surface area contributed by atoms with Crippen LogP contribution in [0.5, 0.6) is 0 Å². The van der Waals surface area contributed by atoms with E-state index in [0.29, 0.717) is 5.69 Å². The van der Waals surface area contributed by atoms with Crippen molar-refractivity contribution in [2.45, 2.75) is 4.90 Å². The van der Waals surface area contributed by atoms with E-state index in [1.807, 2.05) is 0 Å². The molecular formula is C11H10ClN3O2S. The molecule has 0 aliphatic rings. The zero-order valence-corrected chi connectivity index (χ0v) is 10.7. The average Bonchev–Trinajstić information content (AvgIpc) is 2.33. The summed E-state index contributed by atoms with van der Waals surface area (Å²) in [5.74, 6) is 0.0929. The summed E-state index contributed by atoms with van der Waals surface area (Å²) in [6, 6.07) is 9.79. The lowest BCUT2D eigenvalue weighted by atomic mass is 10.3. The zero-order valence-electron chi connectivity index (χ0n) is 9.17. The van der Waals surface area contributed by atoms with Crippen LogP contribution in [0.2, 0.25) is 5.02 Å². The van der Waals surface area contributed by atoms with E-state index < -0.39 is 10.0 Å². The summed E-state index contributed by atoms with van der Waals surface area (Å²) in [5.41, 5.74) is 5.89. The summed E-state index contributed by atoms with van der Waals surface area (Å²) in [4.78, 5) is 3.68. The normalized spacial score (nSPS) is 11.2. The Hall–Kier alpha value is -1.79. The van der Waals surface area contributed by atoms with Crippen molar-refractivity contribution in [1.82, 2.24) is 4.98 Å². The quantitative estimate of drug-likeness (QED) is 0.903. The fraction of sp³-hybridized carbons (Fsp3) is 0. The molecule has 1 aromatic carbocycles. The molecule has 0 saturated carbocycles. The van der Waals surface area contributed by atoms with Gasteiger partial charge >= 0.3 is 0 Å². The van der Waals surface area contributed by atoms with E-state index in [9.17, 15) is 8.42 Å². The second-order valence-corrected chi connectivity index (χ2v) is 5.60. The van der Waals surface area contributed by atoms with Gasteiger partial charge in [0.1, 0.15) is 10.7 Å². The van der Waals surface area contributed by atoms with Gasteiger partial charge in [-0.25, -0.2) is 13.4 Å². The molecule has 0 amide bonds. The molecule has 3 N–H and O–H groups in total. The molecule has 0 unspecified atom stereocenters. The van der Waals surface area contributed by atoms with Crippen molar-refractivity contribution < 1.29 is 8.42 Å². The summed E-state index contributed by atoms with van der Waals surface area (Å²) >= 11 is 5.74.